The lowest BCUT2D eigenvalue weighted by molar-refractivity contribution is -0.0662. The van der Waals surface area contributed by atoms with Crippen molar-refractivity contribution >= 4 is 17.4 Å². The Hall–Kier alpha value is -0.930. The number of aliphatic hydroxyl groups is 1. The smallest absolute Gasteiger partial charge is 0.0596 e. The number of thioether (sulfide) groups is 1. The Labute approximate surface area is 213 Å². The molecule has 1 N–H and O–H groups in total. The highest BCUT2D eigenvalue weighted by Crippen LogP contribution is 2.66. The van der Waals surface area contributed by atoms with E-state index in [0.29, 0.717) is 16.6 Å². The van der Waals surface area contributed by atoms with Crippen LogP contribution < -0.4 is 4.90 Å². The minimum absolute atomic E-state index is 0.0891. The van der Waals surface area contributed by atoms with Gasteiger partial charge in [-0.25, -0.2) is 0 Å². The zero-order valence-electron chi connectivity index (χ0n) is 22.2. The zero-order valence-corrected chi connectivity index (χ0v) is 23.0. The van der Waals surface area contributed by atoms with Crippen molar-refractivity contribution in [3.63, 3.8) is 0 Å². The van der Waals surface area contributed by atoms with Gasteiger partial charge < -0.3 is 10.0 Å². The lowest BCUT2D eigenvalue weighted by atomic mass is 9.48. The fraction of sp³-hybridized carbons (Fsp3) is 0.742. The largest absolute Gasteiger partial charge is 0.393 e. The van der Waals surface area contributed by atoms with Crippen molar-refractivity contribution in [2.45, 2.75) is 96.3 Å². The van der Waals surface area contributed by atoms with E-state index in [1.807, 2.05) is 0 Å². The van der Waals surface area contributed by atoms with Crippen LogP contribution in [0, 0.1) is 29.1 Å². The van der Waals surface area contributed by atoms with Gasteiger partial charge >= 0.3 is 0 Å². The predicted molar refractivity (Wildman–Crippen MR) is 148 cm³/mol. The Kier molecular flexibility index (Phi) is 6.92. The molecule has 5 rings (SSSR count). The maximum atomic E-state index is 11.2. The maximum absolute atomic E-state index is 11.2. The number of hydrogen-bond acceptors (Lipinski definition) is 3. The molecule has 0 radical (unpaired) electrons. The second-order valence-corrected chi connectivity index (χ2v) is 14.0. The van der Waals surface area contributed by atoms with Crippen LogP contribution in [0.3, 0.4) is 0 Å². The molecule has 8 unspecified atom stereocenters. The fourth-order valence-corrected chi connectivity index (χ4v) is 10.1. The predicted octanol–water partition coefficient (Wildman–Crippen LogP) is 7.67. The van der Waals surface area contributed by atoms with E-state index in [9.17, 15) is 5.11 Å². The van der Waals surface area contributed by atoms with Crippen molar-refractivity contribution in [3.05, 3.63) is 41.5 Å². The summed E-state index contributed by atoms with van der Waals surface area (Å²) in [7, 11) is 0. The van der Waals surface area contributed by atoms with Crippen LogP contribution in [0.4, 0.5) is 5.69 Å². The molecule has 1 aromatic rings. The third kappa shape index (κ3) is 4.07. The van der Waals surface area contributed by atoms with Crippen molar-refractivity contribution in [2.24, 2.45) is 29.1 Å². The van der Waals surface area contributed by atoms with E-state index in [0.717, 1.165) is 43.7 Å². The Balaban J connectivity index is 1.52. The molecule has 0 bridgehead atoms. The van der Waals surface area contributed by atoms with E-state index < -0.39 is 0 Å². The van der Waals surface area contributed by atoms with Gasteiger partial charge in [-0.3, -0.25) is 0 Å². The monoisotopic (exact) mass is 481 g/mol. The van der Waals surface area contributed by atoms with Crippen LogP contribution in [0.2, 0.25) is 0 Å². The average Bonchev–Trinajstić information content (AvgIpc) is 3.13. The zero-order chi connectivity index (χ0) is 24.1. The third-order valence-corrected chi connectivity index (χ3v) is 11.8. The second kappa shape index (κ2) is 9.51. The normalized spacial score (nSPS) is 41.3. The van der Waals surface area contributed by atoms with E-state index in [1.54, 1.807) is 5.57 Å². The van der Waals surface area contributed by atoms with Crippen LogP contribution in [0.5, 0.6) is 0 Å². The summed E-state index contributed by atoms with van der Waals surface area (Å²) < 4.78 is 0.334. The lowest BCUT2D eigenvalue weighted by Crippen LogP contribution is -2.51. The molecule has 188 valence electrons. The molecule has 1 aromatic carbocycles. The second-order valence-electron chi connectivity index (χ2n) is 12.2. The van der Waals surface area contributed by atoms with Gasteiger partial charge in [0.2, 0.25) is 0 Å². The molecule has 0 aliphatic heterocycles. The Bertz CT molecular complexity index is 891. The molecule has 3 fully saturated rings. The van der Waals surface area contributed by atoms with Crippen LogP contribution in [-0.2, 0) is 0 Å². The highest BCUT2D eigenvalue weighted by Gasteiger charge is 2.59. The van der Waals surface area contributed by atoms with Crippen LogP contribution in [-0.4, -0.2) is 34.8 Å². The molecule has 3 heteroatoms. The number of anilines is 1. The molecule has 3 saturated carbocycles. The third-order valence-electron chi connectivity index (χ3n) is 10.6. The van der Waals surface area contributed by atoms with Gasteiger partial charge in [-0.2, -0.15) is 11.8 Å². The Morgan fingerprint density at radius 3 is 2.38 bits per heavy atom. The molecular weight excluding hydrogens is 434 g/mol. The Morgan fingerprint density at radius 1 is 0.971 bits per heavy atom. The Morgan fingerprint density at radius 2 is 1.71 bits per heavy atom. The van der Waals surface area contributed by atoms with E-state index in [2.05, 4.69) is 81.6 Å². The molecule has 0 amide bonds. The number of nitrogens with zero attached hydrogens (tertiary/aromatic N) is 1. The molecule has 0 saturated heterocycles. The molecule has 8 atom stereocenters. The first-order valence-electron chi connectivity index (χ1n) is 14.2. The SMILES string of the molecule is CCSC1(C)C=C2CCC3C(C2CC1)C(c1ccc(N(CC)CC)cc1)CC1(C)C(O)CCC31. The molecular formula is C31H47NOS. The molecule has 2 nitrogen and oxygen atoms in total. The van der Waals surface area contributed by atoms with Crippen molar-refractivity contribution in [2.75, 3.05) is 23.7 Å². The van der Waals surface area contributed by atoms with E-state index in [-0.39, 0.29) is 11.5 Å². The first kappa shape index (κ1) is 24.8. The molecule has 4 aliphatic rings. The lowest BCUT2D eigenvalue weighted by Gasteiger charge is -2.57. The van der Waals surface area contributed by atoms with Crippen molar-refractivity contribution < 1.29 is 5.11 Å². The van der Waals surface area contributed by atoms with Gasteiger partial charge in [-0.05, 0) is 124 Å². The standard InChI is InChI=1S/C31H47NOS/c1-6-32(7-2)23-12-9-21(10-13-23)26-20-31(5)27(15-16-28(31)33)25-14-11-22-19-30(4,34-8-3)18-17-24(22)29(25)26/h9-10,12-13,19,24-29,33H,6-8,11,14-18,20H2,1-5H3. The van der Waals surface area contributed by atoms with Gasteiger partial charge in [0.15, 0.2) is 0 Å². The van der Waals surface area contributed by atoms with Gasteiger partial charge in [0.1, 0.15) is 0 Å². The topological polar surface area (TPSA) is 23.5 Å². The number of rotatable bonds is 6. The number of allylic oxidation sites excluding steroid dienone is 1. The minimum Gasteiger partial charge on any atom is -0.393 e. The minimum atomic E-state index is -0.122. The van der Waals surface area contributed by atoms with E-state index >= 15 is 0 Å². The summed E-state index contributed by atoms with van der Waals surface area (Å²) in [6.07, 6.45) is 11.3. The summed E-state index contributed by atoms with van der Waals surface area (Å²) in [4.78, 5) is 2.44. The van der Waals surface area contributed by atoms with E-state index in [4.69, 9.17) is 0 Å². The van der Waals surface area contributed by atoms with E-state index in [1.165, 1.54) is 49.1 Å². The first-order valence-corrected chi connectivity index (χ1v) is 15.2. The highest BCUT2D eigenvalue weighted by atomic mass is 32.2. The summed E-state index contributed by atoms with van der Waals surface area (Å²) in [5.41, 5.74) is 4.75. The average molecular weight is 482 g/mol. The molecule has 0 spiro atoms. The number of hydrogen-bond donors (Lipinski definition) is 1. The number of fused-ring (bicyclic) bond motifs is 5. The maximum Gasteiger partial charge on any atom is 0.0596 e. The van der Waals surface area contributed by atoms with Crippen LogP contribution >= 0.6 is 11.8 Å². The quantitative estimate of drug-likeness (QED) is 0.422. The van der Waals surface area contributed by atoms with Crippen molar-refractivity contribution in [3.8, 4) is 0 Å². The summed E-state index contributed by atoms with van der Waals surface area (Å²) in [5.74, 6) is 4.75. The van der Waals surface area contributed by atoms with Crippen LogP contribution in [0.25, 0.3) is 0 Å². The number of benzene rings is 1. The van der Waals surface area contributed by atoms with Crippen molar-refractivity contribution in [1.82, 2.24) is 0 Å². The molecule has 34 heavy (non-hydrogen) atoms. The van der Waals surface area contributed by atoms with Crippen LogP contribution in [0.15, 0.2) is 35.9 Å². The van der Waals surface area contributed by atoms with Gasteiger partial charge in [-0.1, -0.05) is 37.6 Å². The summed E-state index contributed by atoms with van der Waals surface area (Å²) in [6, 6.07) is 9.62. The summed E-state index contributed by atoms with van der Waals surface area (Å²) in [5, 5.41) is 11.2. The molecule has 4 aliphatic carbocycles. The van der Waals surface area contributed by atoms with Gasteiger partial charge in [-0.15, -0.1) is 0 Å². The summed E-state index contributed by atoms with van der Waals surface area (Å²) in [6.45, 7) is 13.8. The van der Waals surface area contributed by atoms with Crippen molar-refractivity contribution in [1.29, 1.82) is 0 Å². The summed E-state index contributed by atoms with van der Waals surface area (Å²) >= 11 is 2.15. The van der Waals surface area contributed by atoms with Gasteiger partial charge in [0.25, 0.3) is 0 Å². The fourth-order valence-electron chi connectivity index (χ4n) is 8.92. The molecule has 0 aromatic heterocycles. The first-order chi connectivity index (χ1) is 16.3. The molecule has 0 heterocycles. The number of aliphatic hydroxyl groups excluding tert-OH is 1. The van der Waals surface area contributed by atoms with Crippen LogP contribution in [0.1, 0.15) is 91.0 Å². The van der Waals surface area contributed by atoms with Gasteiger partial charge in [0.05, 0.1) is 6.10 Å². The highest BCUT2D eigenvalue weighted by molar-refractivity contribution is 8.00. The van der Waals surface area contributed by atoms with Gasteiger partial charge in [0, 0.05) is 23.5 Å².